The zero-order valence-corrected chi connectivity index (χ0v) is 32.6. The normalized spacial score (nSPS) is 17.3. The molecule has 4 aromatic carbocycles. The molecule has 278 valence electrons. The Morgan fingerprint density at radius 1 is 0.865 bits per heavy atom. The van der Waals surface area contributed by atoms with Gasteiger partial charge >= 0.3 is 27.2 Å². The molecule has 4 aromatic rings. The maximum Gasteiger partial charge on any atom is 0.357 e. The summed E-state index contributed by atoms with van der Waals surface area (Å²) in [5.41, 5.74) is 0. The van der Waals surface area contributed by atoms with Crippen molar-refractivity contribution in [3.63, 3.8) is 0 Å². The Bertz CT molecular complexity index is 1660. The van der Waals surface area contributed by atoms with E-state index in [9.17, 15) is 15.0 Å². The maximum atomic E-state index is 12.5. The van der Waals surface area contributed by atoms with Crippen molar-refractivity contribution in [2.24, 2.45) is 23.7 Å². The maximum absolute atomic E-state index is 12.5. The van der Waals surface area contributed by atoms with Crippen LogP contribution in [0.25, 0.3) is 10.8 Å². The average Bonchev–Trinajstić information content (AvgIpc) is 4.02. The number of ether oxygens (including phenoxy) is 4. The highest BCUT2D eigenvalue weighted by atomic mass is 127. The van der Waals surface area contributed by atoms with E-state index in [4.69, 9.17) is 18.9 Å². The van der Waals surface area contributed by atoms with Gasteiger partial charge in [0.1, 0.15) is 24.7 Å². The number of carbonyl (C=O) groups excluding carboxylic acids is 1. The Kier molecular flexibility index (Phi) is 15.8. The number of rotatable bonds is 23. The van der Waals surface area contributed by atoms with E-state index in [0.717, 1.165) is 54.6 Å². The summed E-state index contributed by atoms with van der Waals surface area (Å²) in [6.07, 6.45) is 4.71. The molecule has 2 N–H and O–H groups in total. The lowest BCUT2D eigenvalue weighted by Crippen LogP contribution is -3.61. The predicted octanol–water partition coefficient (Wildman–Crippen LogP) is 5.12. The van der Waals surface area contributed by atoms with Gasteiger partial charge in [-0.25, -0.2) is 0 Å². The lowest BCUT2D eigenvalue weighted by Gasteiger charge is -2.29. The fourth-order valence-electron chi connectivity index (χ4n) is 6.62. The Balaban J connectivity index is 0.992. The summed E-state index contributed by atoms with van der Waals surface area (Å²) in [5.74, 6) is 1.61. The molecule has 0 aliphatic carbocycles. The molecule has 7 nitrogen and oxygen atoms in total. The highest BCUT2D eigenvalue weighted by Crippen LogP contribution is 2.36. The third kappa shape index (κ3) is 12.9. The van der Waals surface area contributed by atoms with Gasteiger partial charge in [0.25, 0.3) is 0 Å². The molecule has 1 heterocycles. The van der Waals surface area contributed by atoms with Crippen LogP contribution in [0.1, 0.15) is 52.4 Å². The summed E-state index contributed by atoms with van der Waals surface area (Å²) in [6, 6.07) is 32.8. The van der Waals surface area contributed by atoms with Crippen LogP contribution < -0.4 is 30.7 Å². The summed E-state index contributed by atoms with van der Waals surface area (Å²) in [6.45, 7) is 9.58. The molecule has 7 unspecified atom stereocenters. The van der Waals surface area contributed by atoms with E-state index >= 15 is 0 Å². The van der Waals surface area contributed by atoms with E-state index in [1.165, 1.54) is 7.14 Å². The zero-order valence-electron chi connectivity index (χ0n) is 30.4. The summed E-state index contributed by atoms with van der Waals surface area (Å²) < 4.78 is 25.8. The van der Waals surface area contributed by atoms with Crippen molar-refractivity contribution in [1.29, 1.82) is 0 Å². The SMILES string of the molecule is C=CC(CC(CC)C(O)COC(=O)CCCOc1ccc([I+]c2ccccc2)cc1)CC(CC(C)C(O)COc1ccc2ccccc2c1)C1CO1. The minimum absolute atomic E-state index is 0.0177. The molecule has 8 heteroatoms. The molecule has 52 heavy (non-hydrogen) atoms. The molecular weight excluding hydrogens is 767 g/mol. The van der Waals surface area contributed by atoms with Gasteiger partial charge in [0, 0.05) is 6.42 Å². The molecule has 0 saturated carbocycles. The molecule has 0 aromatic heterocycles. The number of hydrogen-bond acceptors (Lipinski definition) is 7. The Morgan fingerprint density at radius 2 is 1.56 bits per heavy atom. The molecule has 0 amide bonds. The molecule has 0 bridgehead atoms. The van der Waals surface area contributed by atoms with Crippen LogP contribution >= 0.6 is 0 Å². The number of fused-ring (bicyclic) bond motifs is 1. The van der Waals surface area contributed by atoms with E-state index in [-0.39, 0.29) is 76.6 Å². The molecule has 0 spiro atoms. The largest absolute Gasteiger partial charge is 0.494 e. The molecular formula is C44H54IO7+. The van der Waals surface area contributed by atoms with Crippen molar-refractivity contribution in [2.75, 3.05) is 26.4 Å². The van der Waals surface area contributed by atoms with Crippen LogP contribution in [0.2, 0.25) is 0 Å². The van der Waals surface area contributed by atoms with Crippen molar-refractivity contribution < 1.29 is 55.2 Å². The molecule has 1 aliphatic heterocycles. The van der Waals surface area contributed by atoms with Gasteiger partial charge in [-0.2, -0.15) is 0 Å². The smallest absolute Gasteiger partial charge is 0.357 e. The first kappa shape index (κ1) is 39.8. The molecule has 1 saturated heterocycles. The summed E-state index contributed by atoms with van der Waals surface area (Å²) >= 11 is -0.214. The van der Waals surface area contributed by atoms with Gasteiger partial charge in [0.15, 0.2) is 7.14 Å². The lowest BCUT2D eigenvalue weighted by molar-refractivity contribution is -0.597. The minimum atomic E-state index is -0.756. The highest BCUT2D eigenvalue weighted by Gasteiger charge is 2.36. The van der Waals surface area contributed by atoms with E-state index < -0.39 is 12.2 Å². The lowest BCUT2D eigenvalue weighted by atomic mass is 9.79. The first-order valence-electron chi connectivity index (χ1n) is 18.6. The van der Waals surface area contributed by atoms with Gasteiger partial charge in [-0.05, 0) is 109 Å². The second kappa shape index (κ2) is 20.7. The van der Waals surface area contributed by atoms with Crippen LogP contribution in [0, 0.1) is 30.8 Å². The fourth-order valence-corrected chi connectivity index (χ4v) is 8.83. The summed E-state index contributed by atoms with van der Waals surface area (Å²) in [5, 5.41) is 24.3. The number of hydrogen-bond donors (Lipinski definition) is 2. The molecule has 5 rings (SSSR count). The number of halogens is 1. The van der Waals surface area contributed by atoms with Crippen LogP contribution in [0.3, 0.4) is 0 Å². The first-order valence-corrected chi connectivity index (χ1v) is 20.8. The number of allylic oxidation sites excluding steroid dienone is 1. The van der Waals surface area contributed by atoms with Gasteiger partial charge in [0.2, 0.25) is 0 Å². The number of benzene rings is 4. The summed E-state index contributed by atoms with van der Waals surface area (Å²) in [7, 11) is 0. The van der Waals surface area contributed by atoms with Gasteiger partial charge in [-0.1, -0.05) is 74.9 Å². The van der Waals surface area contributed by atoms with Crippen molar-refractivity contribution in [1.82, 2.24) is 0 Å². The van der Waals surface area contributed by atoms with Crippen molar-refractivity contribution in [3.8, 4) is 11.5 Å². The van der Waals surface area contributed by atoms with E-state index in [1.54, 1.807) is 0 Å². The number of epoxide rings is 1. The fraction of sp³-hybridized carbons (Fsp3) is 0.432. The third-order valence-corrected chi connectivity index (χ3v) is 12.6. The van der Waals surface area contributed by atoms with Crippen molar-refractivity contribution >= 4 is 16.7 Å². The highest BCUT2D eigenvalue weighted by molar-refractivity contribution is 5.83. The van der Waals surface area contributed by atoms with Gasteiger partial charge in [-0.3, -0.25) is 4.79 Å². The number of aliphatic hydroxyl groups is 2. The Labute approximate surface area is 319 Å². The van der Waals surface area contributed by atoms with Crippen molar-refractivity contribution in [2.45, 2.75) is 70.7 Å². The number of esters is 1. The second-order valence-electron chi connectivity index (χ2n) is 13.9. The minimum Gasteiger partial charge on any atom is -0.494 e. The molecule has 1 fully saturated rings. The van der Waals surface area contributed by atoms with Crippen LogP contribution in [0.15, 0.2) is 110 Å². The van der Waals surface area contributed by atoms with Crippen LogP contribution in [0.5, 0.6) is 11.5 Å². The van der Waals surface area contributed by atoms with Crippen molar-refractivity contribution in [3.05, 3.63) is 117 Å². The monoisotopic (exact) mass is 821 g/mol. The topological polar surface area (TPSA) is 97.8 Å². The van der Waals surface area contributed by atoms with Crippen LogP contribution in [-0.4, -0.2) is 60.9 Å². The van der Waals surface area contributed by atoms with Gasteiger partial charge in [-0.15, -0.1) is 6.58 Å². The standard InChI is InChI=1S/C44H54IO7/c1-4-32(26-36(43-30-51-43)24-31(3)41(46)28-50-40-20-17-34-12-9-10-13-35(34)27-40)25-33(5-2)42(47)29-52-44(48)16-11-23-49-39-21-18-38(19-22-39)45-37-14-7-6-8-15-37/h4,6-10,12-15,17-22,27,31-33,36,41-43,46-47H,1,5,11,16,23-26,28-30H2,2-3H3/q+1. The molecule has 1 aliphatic rings. The first-order chi connectivity index (χ1) is 25.3. The van der Waals surface area contributed by atoms with E-state index in [2.05, 4.69) is 69.0 Å². The zero-order chi connectivity index (χ0) is 36.7. The predicted molar refractivity (Wildman–Crippen MR) is 201 cm³/mol. The number of carbonyl (C=O) groups is 1. The summed E-state index contributed by atoms with van der Waals surface area (Å²) in [4.78, 5) is 12.5. The van der Waals surface area contributed by atoms with E-state index in [1.807, 2.05) is 54.6 Å². The van der Waals surface area contributed by atoms with Crippen LogP contribution in [0.4, 0.5) is 0 Å². The average molecular weight is 822 g/mol. The van der Waals surface area contributed by atoms with Gasteiger partial charge in [0.05, 0.1) is 31.5 Å². The quantitative estimate of drug-likeness (QED) is 0.0353. The molecule has 0 radical (unpaired) electrons. The Morgan fingerprint density at radius 3 is 2.27 bits per heavy atom. The van der Waals surface area contributed by atoms with E-state index in [0.29, 0.717) is 13.0 Å². The second-order valence-corrected chi connectivity index (χ2v) is 16.9. The Hall–Kier alpha value is -3.44. The van der Waals surface area contributed by atoms with Crippen LogP contribution in [-0.2, 0) is 14.3 Å². The number of aliphatic hydroxyl groups excluding tert-OH is 2. The van der Waals surface area contributed by atoms with Gasteiger partial charge < -0.3 is 29.2 Å². The third-order valence-electron chi connectivity index (χ3n) is 9.94. The molecule has 7 atom stereocenters.